The Hall–Kier alpha value is -2.20. The van der Waals surface area contributed by atoms with Gasteiger partial charge in [-0.05, 0) is 57.2 Å². The van der Waals surface area contributed by atoms with Crippen LogP contribution in [-0.4, -0.2) is 27.3 Å². The molecule has 0 aromatic heterocycles. The van der Waals surface area contributed by atoms with Crippen LogP contribution in [0.15, 0.2) is 36.4 Å². The molecule has 2 aromatic carbocycles. The predicted molar refractivity (Wildman–Crippen MR) is 125 cm³/mol. The van der Waals surface area contributed by atoms with Crippen LogP contribution in [0.3, 0.4) is 0 Å². The Morgan fingerprint density at radius 3 is 1.34 bits per heavy atom. The van der Waals surface area contributed by atoms with Gasteiger partial charge in [-0.25, -0.2) is 9.59 Å². The maximum atomic E-state index is 11.2. The van der Waals surface area contributed by atoms with Gasteiger partial charge in [-0.1, -0.05) is 74.4 Å². The average molecular weight is 494 g/mol. The Kier molecular flexibility index (Phi) is 9.88. The normalized spacial score (nSPS) is 11.7. The first kappa shape index (κ1) is 29.8. The molecule has 0 bridgehead atoms. The predicted octanol–water partition coefficient (Wildman–Crippen LogP) is 6.37. The van der Waals surface area contributed by atoms with Crippen molar-refractivity contribution < 1.29 is 44.4 Å². The summed E-state index contributed by atoms with van der Waals surface area (Å²) < 4.78 is 0. The van der Waals surface area contributed by atoms with E-state index in [9.17, 15) is 14.7 Å². The zero-order valence-electron chi connectivity index (χ0n) is 20.8. The monoisotopic (exact) mass is 492 g/mol. The molecule has 0 fully saturated rings. The largest absolute Gasteiger partial charge is 0.507 e. The fraction of sp³-hybridized carbons (Fsp3) is 0.462. The SMILES string of the molecule is CC(C)(C)c1cc(C(=O)O)cc(C(C)(C)C)c1.CC(C)(C)c1ccc(O)c(C(=O)O)c1.[Zn]. The van der Waals surface area contributed by atoms with E-state index in [0.29, 0.717) is 5.56 Å². The maximum Gasteiger partial charge on any atom is 0.339 e. The summed E-state index contributed by atoms with van der Waals surface area (Å²) in [7, 11) is 0. The molecule has 0 aliphatic heterocycles. The van der Waals surface area contributed by atoms with Crippen LogP contribution in [-0.2, 0) is 35.7 Å². The molecule has 0 atom stereocenters. The van der Waals surface area contributed by atoms with Gasteiger partial charge in [0.25, 0.3) is 0 Å². The Bertz CT molecular complexity index is 925. The Labute approximate surface area is 204 Å². The molecule has 0 aliphatic carbocycles. The van der Waals surface area contributed by atoms with Crippen LogP contribution < -0.4 is 0 Å². The third kappa shape index (κ3) is 8.39. The van der Waals surface area contributed by atoms with Gasteiger partial charge in [-0.3, -0.25) is 0 Å². The number of benzene rings is 2. The minimum absolute atomic E-state index is 0. The van der Waals surface area contributed by atoms with E-state index in [-0.39, 0.29) is 47.0 Å². The maximum absolute atomic E-state index is 11.2. The average Bonchev–Trinajstić information content (AvgIpc) is 2.59. The number of aromatic hydroxyl groups is 1. The first-order valence-corrected chi connectivity index (χ1v) is 10.3. The van der Waals surface area contributed by atoms with E-state index in [4.69, 9.17) is 10.2 Å². The molecule has 0 saturated carbocycles. The van der Waals surface area contributed by atoms with Gasteiger partial charge in [-0.15, -0.1) is 0 Å². The molecule has 172 valence electrons. The smallest absolute Gasteiger partial charge is 0.339 e. The number of carboxylic acid groups (broad SMARTS) is 2. The number of aromatic carboxylic acids is 2. The van der Waals surface area contributed by atoms with E-state index in [1.165, 1.54) is 12.1 Å². The van der Waals surface area contributed by atoms with Gasteiger partial charge in [-0.2, -0.15) is 0 Å². The molecule has 5 nitrogen and oxygen atoms in total. The summed E-state index contributed by atoms with van der Waals surface area (Å²) in [6, 6.07) is 10.3. The summed E-state index contributed by atoms with van der Waals surface area (Å²) in [5, 5.41) is 27.3. The second kappa shape index (κ2) is 10.6. The minimum Gasteiger partial charge on any atom is -0.507 e. The fourth-order valence-electron chi connectivity index (χ4n) is 2.79. The summed E-state index contributed by atoms with van der Waals surface area (Å²) in [5.74, 6) is -2.15. The van der Waals surface area contributed by atoms with E-state index < -0.39 is 11.9 Å². The molecule has 6 heteroatoms. The fourth-order valence-corrected chi connectivity index (χ4v) is 2.79. The number of carbonyl (C=O) groups is 2. The number of carboxylic acids is 2. The third-order valence-corrected chi connectivity index (χ3v) is 5.01. The van der Waals surface area contributed by atoms with Crippen molar-refractivity contribution in [2.45, 2.75) is 78.6 Å². The van der Waals surface area contributed by atoms with Crippen molar-refractivity contribution in [2.24, 2.45) is 0 Å². The van der Waals surface area contributed by atoms with Crippen LogP contribution in [0, 0.1) is 0 Å². The van der Waals surface area contributed by atoms with Crippen LogP contribution in [0.25, 0.3) is 0 Å². The van der Waals surface area contributed by atoms with Crippen LogP contribution in [0.4, 0.5) is 0 Å². The van der Waals surface area contributed by atoms with Crippen LogP contribution in [0.2, 0.25) is 0 Å². The molecule has 32 heavy (non-hydrogen) atoms. The number of hydrogen-bond acceptors (Lipinski definition) is 3. The topological polar surface area (TPSA) is 94.8 Å². The van der Waals surface area contributed by atoms with E-state index in [1.54, 1.807) is 18.2 Å². The Morgan fingerprint density at radius 2 is 1.03 bits per heavy atom. The number of rotatable bonds is 2. The summed E-state index contributed by atoms with van der Waals surface area (Å²) in [6.07, 6.45) is 0. The van der Waals surface area contributed by atoms with Gasteiger partial charge in [0.1, 0.15) is 11.3 Å². The molecule has 0 spiro atoms. The Balaban J connectivity index is 0.000000592. The molecular weight excluding hydrogens is 458 g/mol. The molecule has 3 N–H and O–H groups in total. The Morgan fingerprint density at radius 1 is 0.625 bits per heavy atom. The quantitative estimate of drug-likeness (QED) is 0.423. The molecule has 2 aromatic rings. The molecule has 0 aliphatic rings. The molecular formula is C26H36O5Zn. The van der Waals surface area contributed by atoms with Gasteiger partial charge in [0, 0.05) is 19.5 Å². The van der Waals surface area contributed by atoms with Gasteiger partial charge in [0.05, 0.1) is 5.56 Å². The van der Waals surface area contributed by atoms with Crippen molar-refractivity contribution in [1.82, 2.24) is 0 Å². The summed E-state index contributed by atoms with van der Waals surface area (Å²) in [6.45, 7) is 18.6. The molecule has 0 amide bonds. The van der Waals surface area contributed by atoms with Gasteiger partial charge >= 0.3 is 11.9 Å². The van der Waals surface area contributed by atoms with Crippen LogP contribution >= 0.6 is 0 Å². The van der Waals surface area contributed by atoms with Crippen LogP contribution in [0.5, 0.6) is 5.75 Å². The molecule has 2 rings (SSSR count). The summed E-state index contributed by atoms with van der Waals surface area (Å²) >= 11 is 0. The van der Waals surface area contributed by atoms with Crippen molar-refractivity contribution in [3.63, 3.8) is 0 Å². The minimum atomic E-state index is -1.10. The number of phenols is 1. The third-order valence-electron chi connectivity index (χ3n) is 5.01. The summed E-state index contributed by atoms with van der Waals surface area (Å²) in [4.78, 5) is 21.9. The second-order valence-electron chi connectivity index (χ2n) is 10.9. The second-order valence-corrected chi connectivity index (χ2v) is 10.9. The summed E-state index contributed by atoms with van der Waals surface area (Å²) in [5.41, 5.74) is 3.19. The molecule has 0 radical (unpaired) electrons. The van der Waals surface area contributed by atoms with Crippen molar-refractivity contribution in [3.05, 3.63) is 64.2 Å². The van der Waals surface area contributed by atoms with E-state index in [2.05, 4.69) is 47.6 Å². The van der Waals surface area contributed by atoms with Crippen molar-refractivity contribution in [2.75, 3.05) is 0 Å². The molecule has 0 saturated heterocycles. The first-order valence-electron chi connectivity index (χ1n) is 10.3. The van der Waals surface area contributed by atoms with Gasteiger partial charge in [0.2, 0.25) is 0 Å². The first-order chi connectivity index (χ1) is 13.8. The number of hydrogen-bond donors (Lipinski definition) is 3. The zero-order valence-corrected chi connectivity index (χ0v) is 23.8. The van der Waals surface area contributed by atoms with Crippen molar-refractivity contribution >= 4 is 11.9 Å². The zero-order chi connectivity index (χ0) is 24.4. The molecule has 0 heterocycles. The van der Waals surface area contributed by atoms with E-state index in [1.807, 2.05) is 20.8 Å². The van der Waals surface area contributed by atoms with Crippen molar-refractivity contribution in [1.29, 1.82) is 0 Å². The molecule has 0 unspecified atom stereocenters. The standard InChI is InChI=1S/C15H22O2.C11H14O3.Zn/c1-14(2,3)11-7-10(13(16)17)8-12(9-11)15(4,5)6;1-11(2,3)7-4-5-9(12)8(6-7)10(13)14;/h7-9H,1-6H3,(H,16,17);4-6,12H,1-3H3,(H,13,14);. The van der Waals surface area contributed by atoms with Gasteiger partial charge in [0.15, 0.2) is 0 Å². The van der Waals surface area contributed by atoms with Crippen LogP contribution in [0.1, 0.15) is 99.7 Å². The van der Waals surface area contributed by atoms with E-state index >= 15 is 0 Å². The van der Waals surface area contributed by atoms with E-state index in [0.717, 1.165) is 16.7 Å². The van der Waals surface area contributed by atoms with Crippen molar-refractivity contribution in [3.8, 4) is 5.75 Å². The van der Waals surface area contributed by atoms with Gasteiger partial charge < -0.3 is 15.3 Å².